The van der Waals surface area contributed by atoms with Crippen molar-refractivity contribution < 1.29 is 9.53 Å². The van der Waals surface area contributed by atoms with E-state index in [0.29, 0.717) is 5.92 Å². The minimum atomic E-state index is -0.318. The summed E-state index contributed by atoms with van der Waals surface area (Å²) in [4.78, 5) is 10.9. The summed E-state index contributed by atoms with van der Waals surface area (Å²) in [6, 6.07) is 0. The fourth-order valence-electron chi connectivity index (χ4n) is 1.47. The van der Waals surface area contributed by atoms with Gasteiger partial charge in [-0.3, -0.25) is 0 Å². The van der Waals surface area contributed by atoms with Crippen LogP contribution in [0, 0.1) is 5.92 Å². The van der Waals surface area contributed by atoms with Gasteiger partial charge in [0.25, 0.3) is 0 Å². The van der Waals surface area contributed by atoms with Crippen LogP contribution in [0.25, 0.3) is 0 Å². The molecule has 0 amide bonds. The summed E-state index contributed by atoms with van der Waals surface area (Å²) in [5, 5.41) is 0. The highest BCUT2D eigenvalue weighted by atomic mass is 16.5. The molecule has 0 aliphatic carbocycles. The Balaban J connectivity index is 3.96. The van der Waals surface area contributed by atoms with Crippen molar-refractivity contribution in [2.45, 2.75) is 46.1 Å². The molecule has 0 aliphatic rings. The van der Waals surface area contributed by atoms with Crippen molar-refractivity contribution in [2.75, 3.05) is 0 Å². The zero-order valence-corrected chi connectivity index (χ0v) is 8.88. The van der Waals surface area contributed by atoms with Crippen LogP contribution in [0.2, 0.25) is 0 Å². The van der Waals surface area contributed by atoms with E-state index in [1.165, 1.54) is 6.08 Å². The van der Waals surface area contributed by atoms with Crippen molar-refractivity contribution in [2.24, 2.45) is 5.92 Å². The molecule has 2 atom stereocenters. The summed E-state index contributed by atoms with van der Waals surface area (Å²) in [5.74, 6) is 0.163. The van der Waals surface area contributed by atoms with Crippen molar-refractivity contribution >= 4 is 5.97 Å². The Hall–Kier alpha value is -0.790. The van der Waals surface area contributed by atoms with Gasteiger partial charge in [0.1, 0.15) is 6.10 Å². The SMILES string of the molecule is C=CC(=O)OC(C)C(CC)CCC. The van der Waals surface area contributed by atoms with Crippen LogP contribution in [0.3, 0.4) is 0 Å². The molecule has 0 saturated carbocycles. The maximum atomic E-state index is 10.9. The summed E-state index contributed by atoms with van der Waals surface area (Å²) < 4.78 is 5.15. The normalized spacial score (nSPS) is 14.7. The Morgan fingerprint density at radius 2 is 2.15 bits per heavy atom. The molecule has 0 fully saturated rings. The monoisotopic (exact) mass is 184 g/mol. The number of esters is 1. The largest absolute Gasteiger partial charge is 0.459 e. The van der Waals surface area contributed by atoms with Crippen LogP contribution in [-0.2, 0) is 9.53 Å². The van der Waals surface area contributed by atoms with E-state index in [1.807, 2.05) is 6.92 Å². The Bertz CT molecular complexity index is 163. The van der Waals surface area contributed by atoms with Gasteiger partial charge in [-0.1, -0.05) is 26.8 Å². The van der Waals surface area contributed by atoms with E-state index in [2.05, 4.69) is 20.4 Å². The van der Waals surface area contributed by atoms with Crippen molar-refractivity contribution in [1.82, 2.24) is 0 Å². The molecule has 0 aromatic heterocycles. The number of hydrogen-bond donors (Lipinski definition) is 0. The van der Waals surface area contributed by atoms with Gasteiger partial charge in [-0.2, -0.15) is 0 Å². The summed E-state index contributed by atoms with van der Waals surface area (Å²) in [7, 11) is 0. The molecule has 13 heavy (non-hydrogen) atoms. The van der Waals surface area contributed by atoms with Crippen LogP contribution in [0.1, 0.15) is 40.0 Å². The van der Waals surface area contributed by atoms with Crippen LogP contribution in [0.5, 0.6) is 0 Å². The van der Waals surface area contributed by atoms with Crippen molar-refractivity contribution in [3.63, 3.8) is 0 Å². The highest BCUT2D eigenvalue weighted by molar-refractivity contribution is 5.81. The lowest BCUT2D eigenvalue weighted by Crippen LogP contribution is -2.22. The smallest absolute Gasteiger partial charge is 0.330 e. The molecule has 0 spiro atoms. The molecule has 2 unspecified atom stereocenters. The molecule has 0 heterocycles. The molecular weight excluding hydrogens is 164 g/mol. The summed E-state index contributed by atoms with van der Waals surface area (Å²) in [6.07, 6.45) is 4.53. The highest BCUT2D eigenvalue weighted by Gasteiger charge is 2.17. The van der Waals surface area contributed by atoms with E-state index in [1.54, 1.807) is 0 Å². The van der Waals surface area contributed by atoms with Gasteiger partial charge < -0.3 is 4.74 Å². The standard InChI is InChI=1S/C11H20O2/c1-5-8-10(6-2)9(4)13-11(12)7-3/h7,9-10H,3,5-6,8H2,1-2,4H3. The van der Waals surface area contributed by atoms with E-state index in [-0.39, 0.29) is 12.1 Å². The Kier molecular flexibility index (Phi) is 6.29. The number of carbonyl (C=O) groups is 1. The van der Waals surface area contributed by atoms with Crippen LogP contribution in [-0.4, -0.2) is 12.1 Å². The highest BCUT2D eigenvalue weighted by Crippen LogP contribution is 2.18. The first kappa shape index (κ1) is 12.2. The lowest BCUT2D eigenvalue weighted by Gasteiger charge is -2.21. The third kappa shape index (κ3) is 4.71. The third-order valence-corrected chi connectivity index (χ3v) is 2.32. The van der Waals surface area contributed by atoms with Crippen LogP contribution < -0.4 is 0 Å². The lowest BCUT2D eigenvalue weighted by molar-refractivity contribution is -0.144. The van der Waals surface area contributed by atoms with Gasteiger partial charge in [0.15, 0.2) is 0 Å². The molecule has 0 rings (SSSR count). The van der Waals surface area contributed by atoms with Gasteiger partial charge in [-0.05, 0) is 25.7 Å². The maximum Gasteiger partial charge on any atom is 0.330 e. The predicted molar refractivity (Wildman–Crippen MR) is 54.4 cm³/mol. The summed E-state index contributed by atoms with van der Waals surface area (Å²) in [5.41, 5.74) is 0. The Morgan fingerprint density at radius 1 is 1.54 bits per heavy atom. The van der Waals surface area contributed by atoms with Crippen LogP contribution in [0.15, 0.2) is 12.7 Å². The van der Waals surface area contributed by atoms with Crippen molar-refractivity contribution in [1.29, 1.82) is 0 Å². The van der Waals surface area contributed by atoms with Gasteiger partial charge in [0.2, 0.25) is 0 Å². The fourth-order valence-corrected chi connectivity index (χ4v) is 1.47. The third-order valence-electron chi connectivity index (χ3n) is 2.32. The fraction of sp³-hybridized carbons (Fsp3) is 0.727. The molecule has 0 N–H and O–H groups in total. The molecule has 0 bridgehead atoms. The van der Waals surface area contributed by atoms with E-state index in [0.717, 1.165) is 19.3 Å². The number of carbonyl (C=O) groups excluding carboxylic acids is 1. The minimum absolute atomic E-state index is 0.00968. The molecular formula is C11H20O2. The first-order valence-electron chi connectivity index (χ1n) is 4.98. The number of ether oxygens (including phenoxy) is 1. The predicted octanol–water partition coefficient (Wildman–Crippen LogP) is 2.93. The molecule has 0 saturated heterocycles. The quantitative estimate of drug-likeness (QED) is 0.468. The van der Waals surface area contributed by atoms with Gasteiger partial charge in [0, 0.05) is 6.08 Å². The second-order valence-corrected chi connectivity index (χ2v) is 3.30. The average Bonchev–Trinajstić information content (AvgIpc) is 2.13. The molecule has 0 radical (unpaired) electrons. The molecule has 0 aromatic rings. The molecule has 0 aromatic carbocycles. The second kappa shape index (κ2) is 6.70. The van der Waals surface area contributed by atoms with Gasteiger partial charge in [0.05, 0.1) is 0 Å². The minimum Gasteiger partial charge on any atom is -0.459 e. The van der Waals surface area contributed by atoms with E-state index < -0.39 is 0 Å². The van der Waals surface area contributed by atoms with Crippen molar-refractivity contribution in [3.05, 3.63) is 12.7 Å². The molecule has 2 heteroatoms. The van der Waals surface area contributed by atoms with Crippen LogP contribution >= 0.6 is 0 Å². The van der Waals surface area contributed by atoms with E-state index >= 15 is 0 Å². The van der Waals surface area contributed by atoms with Gasteiger partial charge >= 0.3 is 5.97 Å². The van der Waals surface area contributed by atoms with Crippen LogP contribution in [0.4, 0.5) is 0 Å². The lowest BCUT2D eigenvalue weighted by atomic mass is 9.95. The molecule has 0 aliphatic heterocycles. The Labute approximate surface area is 81.0 Å². The first-order chi connectivity index (χ1) is 6.15. The summed E-state index contributed by atoms with van der Waals surface area (Å²) >= 11 is 0. The summed E-state index contributed by atoms with van der Waals surface area (Å²) in [6.45, 7) is 9.59. The topological polar surface area (TPSA) is 26.3 Å². The molecule has 76 valence electrons. The Morgan fingerprint density at radius 3 is 2.54 bits per heavy atom. The maximum absolute atomic E-state index is 10.9. The van der Waals surface area contributed by atoms with E-state index in [9.17, 15) is 4.79 Å². The van der Waals surface area contributed by atoms with Gasteiger partial charge in [-0.25, -0.2) is 4.79 Å². The zero-order chi connectivity index (χ0) is 10.3. The first-order valence-corrected chi connectivity index (χ1v) is 4.98. The van der Waals surface area contributed by atoms with Gasteiger partial charge in [-0.15, -0.1) is 0 Å². The zero-order valence-electron chi connectivity index (χ0n) is 8.88. The molecule has 2 nitrogen and oxygen atoms in total. The van der Waals surface area contributed by atoms with Crippen molar-refractivity contribution in [3.8, 4) is 0 Å². The van der Waals surface area contributed by atoms with E-state index in [4.69, 9.17) is 4.74 Å². The number of rotatable bonds is 6. The average molecular weight is 184 g/mol. The number of hydrogen-bond acceptors (Lipinski definition) is 2. The second-order valence-electron chi connectivity index (χ2n) is 3.30.